The maximum atomic E-state index is 12.2. The minimum atomic E-state index is -0.231. The summed E-state index contributed by atoms with van der Waals surface area (Å²) in [7, 11) is 0. The smallest absolute Gasteiger partial charge is 0.239 e. The van der Waals surface area contributed by atoms with Gasteiger partial charge in [-0.2, -0.15) is 5.10 Å². The Hall–Kier alpha value is -3.06. The lowest BCUT2D eigenvalue weighted by atomic mass is 10.1. The summed E-state index contributed by atoms with van der Waals surface area (Å²) >= 11 is 1.38. The van der Waals surface area contributed by atoms with Gasteiger partial charge in [-0.3, -0.25) is 4.79 Å². The molecule has 150 valence electrons. The lowest BCUT2D eigenvalue weighted by Crippen LogP contribution is -2.25. The standard InChI is InChI=1S/C22H23N3O3S/c1-3-13-28-19-8-6-5-7-17(19)15-23-25-22-24-21(26)20(29-22)14-16-9-11-18(12-10-16)27-4-2/h3,5-12,15,20H,1,4,13-14H2,2H3,(H,24,25,26)/b23-15+. The van der Waals surface area contributed by atoms with Crippen LogP contribution in [0.25, 0.3) is 0 Å². The van der Waals surface area contributed by atoms with Crippen LogP contribution in [-0.2, 0) is 11.2 Å². The minimum absolute atomic E-state index is 0.0625. The Kier molecular flexibility index (Phi) is 7.47. The molecular formula is C22H23N3O3S. The Labute approximate surface area is 174 Å². The molecule has 0 saturated carbocycles. The van der Waals surface area contributed by atoms with Crippen LogP contribution in [0.3, 0.4) is 0 Å². The van der Waals surface area contributed by atoms with E-state index in [9.17, 15) is 4.79 Å². The summed E-state index contributed by atoms with van der Waals surface area (Å²) in [6, 6.07) is 15.3. The number of thioether (sulfide) groups is 1. The third-order valence-electron chi connectivity index (χ3n) is 4.05. The van der Waals surface area contributed by atoms with Crippen LogP contribution in [0.1, 0.15) is 18.1 Å². The van der Waals surface area contributed by atoms with Gasteiger partial charge in [-0.05, 0) is 43.2 Å². The van der Waals surface area contributed by atoms with Crippen LogP contribution in [0.4, 0.5) is 0 Å². The number of nitrogens with zero attached hydrogens (tertiary/aromatic N) is 2. The van der Waals surface area contributed by atoms with Gasteiger partial charge in [0.2, 0.25) is 5.91 Å². The highest BCUT2D eigenvalue weighted by atomic mass is 32.2. The van der Waals surface area contributed by atoms with E-state index in [1.807, 2.05) is 55.5 Å². The first-order valence-corrected chi connectivity index (χ1v) is 10.2. The summed E-state index contributed by atoms with van der Waals surface area (Å²) in [6.07, 6.45) is 3.91. The number of amidine groups is 1. The van der Waals surface area contributed by atoms with E-state index in [-0.39, 0.29) is 11.2 Å². The number of amides is 1. The molecule has 0 aromatic heterocycles. The van der Waals surface area contributed by atoms with E-state index in [4.69, 9.17) is 9.47 Å². The van der Waals surface area contributed by atoms with Gasteiger partial charge in [0.05, 0.1) is 18.1 Å². The predicted octanol–water partition coefficient (Wildman–Crippen LogP) is 3.81. The number of ether oxygens (including phenoxy) is 2. The third kappa shape index (κ3) is 5.96. The average Bonchev–Trinajstić information content (AvgIpc) is 3.08. The molecule has 1 heterocycles. The van der Waals surface area contributed by atoms with Gasteiger partial charge in [0.15, 0.2) is 5.17 Å². The van der Waals surface area contributed by atoms with E-state index >= 15 is 0 Å². The van der Waals surface area contributed by atoms with Gasteiger partial charge < -0.3 is 14.8 Å². The van der Waals surface area contributed by atoms with Crippen LogP contribution >= 0.6 is 11.8 Å². The summed E-state index contributed by atoms with van der Waals surface area (Å²) in [5.41, 5.74) is 1.87. The highest BCUT2D eigenvalue weighted by molar-refractivity contribution is 8.15. The van der Waals surface area contributed by atoms with Crippen LogP contribution in [-0.4, -0.2) is 35.8 Å². The number of hydrogen-bond donors (Lipinski definition) is 1. The zero-order chi connectivity index (χ0) is 20.5. The van der Waals surface area contributed by atoms with Crippen molar-refractivity contribution in [3.8, 4) is 11.5 Å². The fourth-order valence-electron chi connectivity index (χ4n) is 2.70. The molecule has 2 aromatic carbocycles. The first-order valence-electron chi connectivity index (χ1n) is 9.32. The largest absolute Gasteiger partial charge is 0.494 e. The molecule has 1 N–H and O–H groups in total. The monoisotopic (exact) mass is 409 g/mol. The Morgan fingerprint density at radius 2 is 1.97 bits per heavy atom. The fourth-order valence-corrected chi connectivity index (χ4v) is 3.66. The summed E-state index contributed by atoms with van der Waals surface area (Å²) in [5, 5.41) is 11.3. The number of para-hydroxylation sites is 1. The molecule has 2 aromatic rings. The van der Waals surface area contributed by atoms with Crippen LogP contribution in [0.5, 0.6) is 11.5 Å². The molecule has 0 aliphatic carbocycles. The molecule has 1 atom stereocenters. The number of hydrogen-bond acceptors (Lipinski definition) is 6. The molecule has 1 unspecified atom stereocenters. The second kappa shape index (κ2) is 10.5. The first-order chi connectivity index (χ1) is 14.2. The minimum Gasteiger partial charge on any atom is -0.494 e. The van der Waals surface area contributed by atoms with Gasteiger partial charge >= 0.3 is 0 Å². The molecule has 0 spiro atoms. The topological polar surface area (TPSA) is 72.3 Å². The molecule has 3 rings (SSSR count). The highest BCUT2D eigenvalue weighted by Gasteiger charge is 2.30. The summed E-state index contributed by atoms with van der Waals surface area (Å²) in [4.78, 5) is 12.2. The first kappa shape index (κ1) is 20.7. The molecule has 0 radical (unpaired) electrons. The summed E-state index contributed by atoms with van der Waals surface area (Å²) in [5.74, 6) is 1.47. The van der Waals surface area contributed by atoms with E-state index in [1.54, 1.807) is 12.3 Å². The molecule has 6 nitrogen and oxygen atoms in total. The van der Waals surface area contributed by atoms with Gasteiger partial charge in [0.1, 0.15) is 18.1 Å². The second-order valence-corrected chi connectivity index (χ2v) is 7.36. The van der Waals surface area contributed by atoms with Crippen molar-refractivity contribution in [2.24, 2.45) is 10.2 Å². The molecule has 1 aliphatic rings. The lowest BCUT2D eigenvalue weighted by molar-refractivity contribution is -0.118. The van der Waals surface area contributed by atoms with Gasteiger partial charge in [-0.1, -0.05) is 48.7 Å². The molecule has 7 heteroatoms. The van der Waals surface area contributed by atoms with E-state index in [0.29, 0.717) is 30.6 Å². The van der Waals surface area contributed by atoms with Crippen molar-refractivity contribution >= 4 is 29.1 Å². The normalized spacial score (nSPS) is 17.5. The van der Waals surface area contributed by atoms with Gasteiger partial charge in [0, 0.05) is 5.56 Å². The lowest BCUT2D eigenvalue weighted by Gasteiger charge is -2.07. The zero-order valence-electron chi connectivity index (χ0n) is 16.2. The molecule has 0 bridgehead atoms. The Balaban J connectivity index is 1.60. The third-order valence-corrected chi connectivity index (χ3v) is 5.13. The Morgan fingerprint density at radius 1 is 1.17 bits per heavy atom. The van der Waals surface area contributed by atoms with Gasteiger partial charge in [0.25, 0.3) is 0 Å². The van der Waals surface area contributed by atoms with Crippen molar-refractivity contribution in [3.63, 3.8) is 0 Å². The van der Waals surface area contributed by atoms with Crippen molar-refractivity contribution in [1.82, 2.24) is 5.32 Å². The molecule has 1 aliphatic heterocycles. The van der Waals surface area contributed by atoms with E-state index in [1.165, 1.54) is 11.8 Å². The SMILES string of the molecule is C=CCOc1ccccc1/C=N/N=C1\NC(=O)C(Cc2ccc(OCC)cc2)S1. The van der Waals surface area contributed by atoms with Crippen molar-refractivity contribution in [2.75, 3.05) is 13.2 Å². The van der Waals surface area contributed by atoms with E-state index < -0.39 is 0 Å². The molecular weight excluding hydrogens is 386 g/mol. The molecule has 1 fully saturated rings. The van der Waals surface area contributed by atoms with Crippen molar-refractivity contribution in [2.45, 2.75) is 18.6 Å². The number of nitrogens with one attached hydrogen (secondary N) is 1. The van der Waals surface area contributed by atoms with Crippen LogP contribution in [0.2, 0.25) is 0 Å². The van der Waals surface area contributed by atoms with Crippen molar-refractivity contribution in [3.05, 3.63) is 72.3 Å². The quantitative estimate of drug-likeness (QED) is 0.388. The summed E-state index contributed by atoms with van der Waals surface area (Å²) in [6.45, 7) is 6.64. The van der Waals surface area contributed by atoms with Crippen molar-refractivity contribution in [1.29, 1.82) is 0 Å². The summed E-state index contributed by atoms with van der Waals surface area (Å²) < 4.78 is 11.0. The fraction of sp³-hybridized carbons (Fsp3) is 0.227. The molecule has 1 saturated heterocycles. The predicted molar refractivity (Wildman–Crippen MR) is 118 cm³/mol. The average molecular weight is 410 g/mol. The Bertz CT molecular complexity index is 910. The molecule has 1 amide bonds. The maximum absolute atomic E-state index is 12.2. The zero-order valence-corrected chi connectivity index (χ0v) is 17.0. The van der Waals surface area contributed by atoms with Crippen LogP contribution in [0.15, 0.2) is 71.4 Å². The number of benzene rings is 2. The van der Waals surface area contributed by atoms with Gasteiger partial charge in [-0.25, -0.2) is 0 Å². The van der Waals surface area contributed by atoms with Crippen LogP contribution in [0, 0.1) is 0 Å². The maximum Gasteiger partial charge on any atom is 0.239 e. The van der Waals surface area contributed by atoms with Gasteiger partial charge in [-0.15, -0.1) is 5.10 Å². The van der Waals surface area contributed by atoms with E-state index in [0.717, 1.165) is 16.9 Å². The number of carbonyl (C=O) groups is 1. The number of carbonyl (C=O) groups excluding carboxylic acids is 1. The van der Waals surface area contributed by atoms with Crippen LogP contribution < -0.4 is 14.8 Å². The van der Waals surface area contributed by atoms with Crippen molar-refractivity contribution < 1.29 is 14.3 Å². The highest BCUT2D eigenvalue weighted by Crippen LogP contribution is 2.24. The second-order valence-electron chi connectivity index (χ2n) is 6.16. The number of rotatable bonds is 9. The van der Waals surface area contributed by atoms with E-state index in [2.05, 4.69) is 22.1 Å². The Morgan fingerprint density at radius 3 is 2.72 bits per heavy atom. The molecule has 29 heavy (non-hydrogen) atoms.